The van der Waals surface area contributed by atoms with E-state index in [0.29, 0.717) is 12.6 Å². The average molecular weight is 603 g/mol. The van der Waals surface area contributed by atoms with Crippen molar-refractivity contribution in [3.05, 3.63) is 78.0 Å². The van der Waals surface area contributed by atoms with E-state index in [-0.39, 0.29) is 0 Å². The van der Waals surface area contributed by atoms with E-state index in [4.69, 9.17) is 19.4 Å². The molecule has 2 aliphatic heterocycles. The zero-order valence-corrected chi connectivity index (χ0v) is 25.9. The van der Waals surface area contributed by atoms with Gasteiger partial charge in [0.15, 0.2) is 0 Å². The Labute approximate surface area is 262 Å². The third kappa shape index (κ3) is 5.35. The fourth-order valence-corrected chi connectivity index (χ4v) is 6.51. The van der Waals surface area contributed by atoms with E-state index in [1.807, 2.05) is 26.8 Å². The second kappa shape index (κ2) is 10.5. The molecule has 2 aromatic heterocycles. The summed E-state index contributed by atoms with van der Waals surface area (Å²) < 4.78 is 11.7. The van der Waals surface area contributed by atoms with E-state index in [1.165, 1.54) is 6.42 Å². The van der Waals surface area contributed by atoms with Crippen molar-refractivity contribution in [3.63, 3.8) is 0 Å². The van der Waals surface area contributed by atoms with E-state index < -0.39 is 17.2 Å². The molecule has 1 amide bonds. The Morgan fingerprint density at radius 3 is 2.40 bits per heavy atom. The highest BCUT2D eigenvalue weighted by Gasteiger charge is 2.49. The summed E-state index contributed by atoms with van der Waals surface area (Å²) in [6, 6.07) is 21.6. The van der Waals surface area contributed by atoms with Crippen LogP contribution < -0.4 is 15.4 Å². The van der Waals surface area contributed by atoms with Crippen molar-refractivity contribution in [2.45, 2.75) is 70.1 Å². The number of aromatic amines is 2. The second-order valence-corrected chi connectivity index (χ2v) is 13.5. The third-order valence-corrected chi connectivity index (χ3v) is 9.01. The number of benzene rings is 3. The first-order valence-corrected chi connectivity index (χ1v) is 15.9. The quantitative estimate of drug-likeness (QED) is 0.170. The number of rotatable bonds is 5. The predicted molar refractivity (Wildman–Crippen MR) is 174 cm³/mol. The molecule has 2 fully saturated rings. The summed E-state index contributed by atoms with van der Waals surface area (Å²) in [5.74, 6) is 2.69. The number of hydrogen-bond acceptors (Lipinski definition) is 6. The van der Waals surface area contributed by atoms with Crippen LogP contribution in [0.1, 0.15) is 69.8 Å². The van der Waals surface area contributed by atoms with Gasteiger partial charge in [-0.05, 0) is 99.5 Å². The molecule has 4 heterocycles. The lowest BCUT2D eigenvalue weighted by molar-refractivity contribution is 0.0492. The molecule has 4 N–H and O–H groups in total. The maximum Gasteiger partial charge on any atom is 0.408 e. The highest BCUT2D eigenvalue weighted by atomic mass is 16.6. The summed E-state index contributed by atoms with van der Waals surface area (Å²) in [5, 5.41) is 6.59. The van der Waals surface area contributed by atoms with Crippen LogP contribution in [0.5, 0.6) is 5.75 Å². The van der Waals surface area contributed by atoms with Crippen LogP contribution >= 0.6 is 0 Å². The molecule has 5 aromatic rings. The van der Waals surface area contributed by atoms with E-state index >= 15 is 0 Å². The Bertz CT molecular complexity index is 1910. The zero-order valence-electron chi connectivity index (χ0n) is 25.9. The maximum atomic E-state index is 12.5. The highest BCUT2D eigenvalue weighted by Crippen LogP contribution is 2.45. The number of carbonyl (C=O) groups excluding carboxylic acids is 1. The fourth-order valence-electron chi connectivity index (χ4n) is 6.51. The molecule has 3 aliphatic rings. The number of hydrogen-bond donors (Lipinski definition) is 4. The first kappa shape index (κ1) is 27.9. The number of H-pyrrole nitrogens is 2. The molecule has 3 aromatic carbocycles. The van der Waals surface area contributed by atoms with Crippen molar-refractivity contribution in [1.29, 1.82) is 0 Å². The van der Waals surface area contributed by atoms with Crippen LogP contribution in [0.15, 0.2) is 60.7 Å². The number of ether oxygens (including phenoxy) is 2. The smallest absolute Gasteiger partial charge is 0.408 e. The molecule has 9 nitrogen and oxygen atoms in total. The molecule has 230 valence electrons. The fraction of sp³-hybridized carbons (Fsp3) is 0.361. The van der Waals surface area contributed by atoms with Crippen LogP contribution in [0.25, 0.3) is 44.5 Å². The molecule has 1 saturated carbocycles. The molecule has 0 spiro atoms. The van der Waals surface area contributed by atoms with Crippen LogP contribution in [-0.4, -0.2) is 44.8 Å². The molecule has 0 radical (unpaired) electrons. The molecule has 1 saturated heterocycles. The Morgan fingerprint density at radius 1 is 0.956 bits per heavy atom. The number of aromatic nitrogens is 4. The zero-order chi connectivity index (χ0) is 30.8. The van der Waals surface area contributed by atoms with Gasteiger partial charge in [-0.3, -0.25) is 0 Å². The van der Waals surface area contributed by atoms with Crippen LogP contribution in [0.3, 0.4) is 0 Å². The molecule has 9 heteroatoms. The number of amides is 1. The van der Waals surface area contributed by atoms with Gasteiger partial charge in [0.2, 0.25) is 0 Å². The van der Waals surface area contributed by atoms with E-state index in [9.17, 15) is 4.79 Å². The Hall–Kier alpha value is -4.63. The molecular weight excluding hydrogens is 564 g/mol. The summed E-state index contributed by atoms with van der Waals surface area (Å²) in [4.78, 5) is 29.3. The van der Waals surface area contributed by atoms with Gasteiger partial charge in [-0.1, -0.05) is 36.4 Å². The van der Waals surface area contributed by atoms with Crippen molar-refractivity contribution in [2.24, 2.45) is 0 Å². The van der Waals surface area contributed by atoms with Crippen molar-refractivity contribution >= 4 is 17.1 Å². The maximum absolute atomic E-state index is 12.5. The van der Waals surface area contributed by atoms with Crippen LogP contribution in [0.2, 0.25) is 0 Å². The van der Waals surface area contributed by atoms with Gasteiger partial charge in [-0.25, -0.2) is 14.8 Å². The molecular formula is C36H38N6O3. The molecule has 8 rings (SSSR count). The Balaban J connectivity index is 1.02. The minimum Gasteiger partial charge on any atom is -0.492 e. The molecule has 0 bridgehead atoms. The Kier molecular flexibility index (Phi) is 6.49. The van der Waals surface area contributed by atoms with Gasteiger partial charge < -0.3 is 30.1 Å². The lowest BCUT2D eigenvalue weighted by Crippen LogP contribution is -2.39. The molecule has 45 heavy (non-hydrogen) atoms. The number of carbonyl (C=O) groups is 1. The van der Waals surface area contributed by atoms with E-state index in [2.05, 4.69) is 75.2 Å². The number of imidazole rings is 2. The van der Waals surface area contributed by atoms with Crippen molar-refractivity contribution < 1.29 is 14.3 Å². The number of nitrogens with zero attached hydrogens (tertiary/aromatic N) is 2. The van der Waals surface area contributed by atoms with Gasteiger partial charge in [0, 0.05) is 17.7 Å². The second-order valence-electron chi connectivity index (χ2n) is 13.5. The lowest BCUT2D eigenvalue weighted by atomic mass is 9.98. The van der Waals surface area contributed by atoms with Crippen LogP contribution in [0.4, 0.5) is 4.79 Å². The summed E-state index contributed by atoms with van der Waals surface area (Å²) in [7, 11) is 0. The highest BCUT2D eigenvalue weighted by molar-refractivity contribution is 5.83. The lowest BCUT2D eigenvalue weighted by Gasteiger charge is -2.22. The van der Waals surface area contributed by atoms with Gasteiger partial charge >= 0.3 is 6.09 Å². The van der Waals surface area contributed by atoms with E-state index in [1.54, 1.807) is 0 Å². The Morgan fingerprint density at radius 2 is 1.69 bits per heavy atom. The molecule has 1 aliphatic carbocycles. The normalized spacial score (nSPS) is 18.5. The summed E-state index contributed by atoms with van der Waals surface area (Å²) >= 11 is 0. The van der Waals surface area contributed by atoms with Gasteiger partial charge in [0.1, 0.15) is 28.5 Å². The van der Waals surface area contributed by atoms with Crippen molar-refractivity contribution in [3.8, 4) is 39.3 Å². The van der Waals surface area contributed by atoms with Crippen molar-refractivity contribution in [1.82, 2.24) is 30.6 Å². The standard InChI is InChI=1S/C36H38N6O3/c1-35(2,3)45-34(43)42-36(15-16-36)33-39-26-13-11-23(19-29(26)40-33)21-6-8-22(9-7-21)24-10-12-25-30(20-24)44-18-14-27-31(25)41-32(38-27)28-5-4-17-37-28/h6-13,19-20,28,37H,4-5,14-18H2,1-3H3,(H,38,41)(H,39,40)(H,42,43). The molecule has 1 unspecified atom stereocenters. The van der Waals surface area contributed by atoms with Gasteiger partial charge in [-0.2, -0.15) is 0 Å². The number of alkyl carbamates (subject to hydrolysis) is 1. The van der Waals surface area contributed by atoms with Crippen LogP contribution in [0, 0.1) is 0 Å². The summed E-state index contributed by atoms with van der Waals surface area (Å²) in [5.41, 5.74) is 8.44. The third-order valence-electron chi connectivity index (χ3n) is 9.01. The minimum absolute atomic E-state index is 0.311. The first-order valence-electron chi connectivity index (χ1n) is 15.9. The number of nitrogens with one attached hydrogen (secondary N) is 4. The SMILES string of the molecule is CC(C)(C)OC(=O)NC1(c2nc3ccc(-c4ccc(-c5ccc6c(c5)OCCc5[nH]c(C7CCCN7)nc5-6)cc4)cc3[nH]2)CC1. The summed E-state index contributed by atoms with van der Waals surface area (Å²) in [6.07, 6.45) is 4.37. The van der Waals surface area contributed by atoms with Gasteiger partial charge in [0.05, 0.1) is 29.4 Å². The average Bonchev–Trinajstić information content (AvgIpc) is 3.36. The monoisotopic (exact) mass is 602 g/mol. The first-order chi connectivity index (χ1) is 21.7. The largest absolute Gasteiger partial charge is 0.492 e. The van der Waals surface area contributed by atoms with Gasteiger partial charge in [-0.15, -0.1) is 0 Å². The predicted octanol–water partition coefficient (Wildman–Crippen LogP) is 7.16. The van der Waals surface area contributed by atoms with Gasteiger partial charge in [0.25, 0.3) is 0 Å². The minimum atomic E-state index is -0.549. The van der Waals surface area contributed by atoms with Crippen LogP contribution in [-0.2, 0) is 16.7 Å². The topological polar surface area (TPSA) is 117 Å². The van der Waals surface area contributed by atoms with E-state index in [0.717, 1.165) is 99.9 Å². The molecule has 1 atom stereocenters. The van der Waals surface area contributed by atoms with Crippen molar-refractivity contribution in [2.75, 3.05) is 13.2 Å². The summed E-state index contributed by atoms with van der Waals surface area (Å²) in [6.45, 7) is 7.26. The number of fused-ring (bicyclic) bond motifs is 4.